The highest BCUT2D eigenvalue weighted by atomic mass is 16.4. The van der Waals surface area contributed by atoms with E-state index >= 15 is 0 Å². The van der Waals surface area contributed by atoms with Gasteiger partial charge in [0, 0.05) is 37.9 Å². The maximum absolute atomic E-state index is 11.2. The fraction of sp³-hybridized carbons (Fsp3) is 0.462. The van der Waals surface area contributed by atoms with Gasteiger partial charge in [0.15, 0.2) is 5.96 Å². The van der Waals surface area contributed by atoms with Gasteiger partial charge < -0.3 is 15.3 Å². The van der Waals surface area contributed by atoms with Crippen molar-refractivity contribution in [3.63, 3.8) is 0 Å². The van der Waals surface area contributed by atoms with Crippen LogP contribution in [0.1, 0.15) is 53.6 Å². The zero-order valence-corrected chi connectivity index (χ0v) is 19.0. The lowest BCUT2D eigenvalue weighted by Gasteiger charge is -2.41. The van der Waals surface area contributed by atoms with Gasteiger partial charge in [-0.25, -0.2) is 9.79 Å². The van der Waals surface area contributed by atoms with E-state index in [0.29, 0.717) is 6.54 Å². The quantitative estimate of drug-likeness (QED) is 0.531. The van der Waals surface area contributed by atoms with Gasteiger partial charge in [-0.2, -0.15) is 0 Å². The molecule has 2 aliphatic rings. The Morgan fingerprint density at radius 2 is 1.62 bits per heavy atom. The Kier molecular flexibility index (Phi) is 7.43. The van der Waals surface area contributed by atoms with E-state index in [1.807, 2.05) is 12.1 Å². The predicted molar refractivity (Wildman–Crippen MR) is 129 cm³/mol. The van der Waals surface area contributed by atoms with Crippen molar-refractivity contribution in [2.75, 3.05) is 31.5 Å². The van der Waals surface area contributed by atoms with E-state index in [2.05, 4.69) is 46.3 Å². The minimum Gasteiger partial charge on any atom is -0.478 e. The maximum Gasteiger partial charge on any atom is 0.335 e. The highest BCUT2D eigenvalue weighted by molar-refractivity contribution is 5.94. The molecule has 170 valence electrons. The Bertz CT molecular complexity index is 910. The second-order valence-electron chi connectivity index (χ2n) is 8.95. The summed E-state index contributed by atoms with van der Waals surface area (Å²) in [7, 11) is 0. The number of anilines is 1. The van der Waals surface area contributed by atoms with Crippen LogP contribution in [0.3, 0.4) is 0 Å². The van der Waals surface area contributed by atoms with Gasteiger partial charge in [-0.15, -0.1) is 0 Å². The van der Waals surface area contributed by atoms with Crippen molar-refractivity contribution in [1.82, 2.24) is 9.80 Å². The number of hydrogen-bond donors (Lipinski definition) is 2. The van der Waals surface area contributed by atoms with Gasteiger partial charge in [0.2, 0.25) is 0 Å². The highest BCUT2D eigenvalue weighted by Gasteiger charge is 2.26. The monoisotopic (exact) mass is 434 g/mol. The maximum atomic E-state index is 11.2. The van der Waals surface area contributed by atoms with Gasteiger partial charge in [-0.3, -0.25) is 4.90 Å². The van der Waals surface area contributed by atoms with Crippen LogP contribution in [-0.4, -0.2) is 59.1 Å². The predicted octanol–water partition coefficient (Wildman–Crippen LogP) is 4.61. The Morgan fingerprint density at radius 3 is 2.25 bits per heavy atom. The third kappa shape index (κ3) is 5.88. The lowest BCUT2D eigenvalue weighted by molar-refractivity contribution is 0.0697. The Balaban J connectivity index is 1.46. The van der Waals surface area contributed by atoms with Gasteiger partial charge in [0.25, 0.3) is 0 Å². The van der Waals surface area contributed by atoms with Crippen LogP contribution in [0.4, 0.5) is 5.69 Å². The molecule has 32 heavy (non-hydrogen) atoms. The second kappa shape index (κ2) is 10.6. The van der Waals surface area contributed by atoms with Gasteiger partial charge in [0.05, 0.1) is 12.1 Å². The first-order valence-corrected chi connectivity index (χ1v) is 11.8. The van der Waals surface area contributed by atoms with Crippen LogP contribution in [0.15, 0.2) is 53.5 Å². The van der Waals surface area contributed by atoms with Crippen molar-refractivity contribution in [3.8, 4) is 0 Å². The van der Waals surface area contributed by atoms with Gasteiger partial charge in [-0.05, 0) is 49.6 Å². The van der Waals surface area contributed by atoms with Crippen molar-refractivity contribution >= 4 is 17.6 Å². The summed E-state index contributed by atoms with van der Waals surface area (Å²) in [6.07, 6.45) is 6.78. The van der Waals surface area contributed by atoms with E-state index < -0.39 is 5.97 Å². The molecule has 2 aromatic rings. The number of nitrogens with zero attached hydrogens (tertiary/aromatic N) is 3. The molecule has 4 rings (SSSR count). The number of carboxylic acid groups (broad SMARTS) is 1. The summed E-state index contributed by atoms with van der Waals surface area (Å²) in [5.74, 6) is -0.0550. The van der Waals surface area contributed by atoms with Crippen molar-refractivity contribution in [2.24, 2.45) is 4.99 Å². The molecule has 1 saturated carbocycles. The van der Waals surface area contributed by atoms with Crippen molar-refractivity contribution in [2.45, 2.75) is 51.6 Å². The number of hydrogen-bond acceptors (Lipinski definition) is 3. The van der Waals surface area contributed by atoms with E-state index in [-0.39, 0.29) is 5.56 Å². The molecule has 0 bridgehead atoms. The van der Waals surface area contributed by atoms with Crippen LogP contribution in [0.25, 0.3) is 0 Å². The third-order valence-electron chi connectivity index (χ3n) is 6.62. The molecule has 1 heterocycles. The summed E-state index contributed by atoms with van der Waals surface area (Å²) in [6.45, 7) is 6.72. The van der Waals surface area contributed by atoms with Crippen molar-refractivity contribution < 1.29 is 9.90 Å². The number of aliphatic imine (C=N–C) groups is 1. The van der Waals surface area contributed by atoms with Crippen LogP contribution >= 0.6 is 0 Å². The van der Waals surface area contributed by atoms with Gasteiger partial charge >= 0.3 is 5.97 Å². The van der Waals surface area contributed by atoms with Crippen molar-refractivity contribution in [1.29, 1.82) is 0 Å². The normalized spacial score (nSPS) is 18.5. The SMILES string of the molecule is Cc1ccc(CN=C(Nc2ccc(C(=O)O)cc2)N2CCN(C3CCCCC3)CC2)cc1. The molecule has 0 atom stereocenters. The fourth-order valence-electron chi connectivity index (χ4n) is 4.65. The molecule has 1 aliphatic carbocycles. The molecular weight excluding hydrogens is 400 g/mol. The molecule has 2 N–H and O–H groups in total. The summed E-state index contributed by atoms with van der Waals surface area (Å²) in [6, 6.07) is 16.1. The lowest BCUT2D eigenvalue weighted by Crippen LogP contribution is -2.53. The number of aryl methyl sites for hydroxylation is 1. The van der Waals surface area contributed by atoms with E-state index in [1.54, 1.807) is 12.1 Å². The zero-order valence-electron chi connectivity index (χ0n) is 19.0. The topological polar surface area (TPSA) is 68.2 Å². The second-order valence-corrected chi connectivity index (χ2v) is 8.95. The summed E-state index contributed by atoms with van der Waals surface area (Å²) in [4.78, 5) is 21.1. The molecule has 2 aromatic carbocycles. The first-order chi connectivity index (χ1) is 15.6. The summed E-state index contributed by atoms with van der Waals surface area (Å²) >= 11 is 0. The number of guanidine groups is 1. The molecule has 0 spiro atoms. The number of piperazine rings is 1. The average molecular weight is 435 g/mol. The smallest absolute Gasteiger partial charge is 0.335 e. The average Bonchev–Trinajstić information content (AvgIpc) is 2.84. The molecule has 1 saturated heterocycles. The first-order valence-electron chi connectivity index (χ1n) is 11.8. The van der Waals surface area contributed by atoms with Gasteiger partial charge in [-0.1, -0.05) is 49.1 Å². The number of rotatable bonds is 5. The van der Waals surface area contributed by atoms with Crippen LogP contribution < -0.4 is 5.32 Å². The molecule has 1 aliphatic heterocycles. The summed E-state index contributed by atoms with van der Waals surface area (Å²) in [5.41, 5.74) is 3.56. The molecule has 2 fully saturated rings. The zero-order chi connectivity index (χ0) is 22.3. The minimum absolute atomic E-state index is 0.287. The Hall–Kier alpha value is -2.86. The van der Waals surface area contributed by atoms with E-state index in [0.717, 1.165) is 43.9 Å². The molecule has 6 heteroatoms. The minimum atomic E-state index is -0.913. The van der Waals surface area contributed by atoms with E-state index in [1.165, 1.54) is 43.2 Å². The number of nitrogens with one attached hydrogen (secondary N) is 1. The lowest BCUT2D eigenvalue weighted by atomic mass is 9.94. The molecular formula is C26H34N4O2. The van der Waals surface area contributed by atoms with Crippen LogP contribution in [0.2, 0.25) is 0 Å². The summed E-state index contributed by atoms with van der Waals surface area (Å²) < 4.78 is 0. The molecule has 0 unspecified atom stereocenters. The highest BCUT2D eigenvalue weighted by Crippen LogP contribution is 2.24. The fourth-order valence-corrected chi connectivity index (χ4v) is 4.65. The number of aromatic carboxylic acids is 1. The third-order valence-corrected chi connectivity index (χ3v) is 6.62. The van der Waals surface area contributed by atoms with Crippen LogP contribution in [-0.2, 0) is 6.54 Å². The molecule has 0 radical (unpaired) electrons. The van der Waals surface area contributed by atoms with Crippen molar-refractivity contribution in [3.05, 3.63) is 65.2 Å². The standard InChI is InChI=1S/C26H34N4O2/c1-20-7-9-21(10-8-20)19-27-26(28-23-13-11-22(12-14-23)25(31)32)30-17-15-29(16-18-30)24-5-3-2-4-6-24/h7-14,24H,2-6,15-19H2,1H3,(H,27,28)(H,31,32). The van der Waals surface area contributed by atoms with E-state index in [4.69, 9.17) is 10.1 Å². The number of carbonyl (C=O) groups is 1. The summed E-state index contributed by atoms with van der Waals surface area (Å²) in [5, 5.41) is 12.6. The first kappa shape index (κ1) is 22.3. The van der Waals surface area contributed by atoms with Gasteiger partial charge in [0.1, 0.15) is 0 Å². The largest absolute Gasteiger partial charge is 0.478 e. The number of benzene rings is 2. The Morgan fingerprint density at radius 1 is 0.969 bits per heavy atom. The van der Waals surface area contributed by atoms with Crippen LogP contribution in [0, 0.1) is 6.92 Å². The Labute approximate surface area is 191 Å². The molecule has 0 amide bonds. The molecule has 6 nitrogen and oxygen atoms in total. The number of carboxylic acids is 1. The molecule has 0 aromatic heterocycles. The van der Waals surface area contributed by atoms with E-state index in [9.17, 15) is 4.79 Å². The van der Waals surface area contributed by atoms with Crippen LogP contribution in [0.5, 0.6) is 0 Å².